The first kappa shape index (κ1) is 12.3. The predicted octanol–water partition coefficient (Wildman–Crippen LogP) is 0.230. The van der Waals surface area contributed by atoms with Crippen molar-refractivity contribution in [1.82, 2.24) is 16.0 Å². The number of hydrogen-bond donors (Lipinski definition) is 4. The molecule has 1 rings (SSSR count). The summed E-state index contributed by atoms with van der Waals surface area (Å²) >= 11 is 0. The summed E-state index contributed by atoms with van der Waals surface area (Å²) in [5.74, 6) is 0. The SMILES string of the molecule is CC(C)(C)C(NC(=O)O)C1CNCCN1. The molecule has 1 heterocycles. The van der Waals surface area contributed by atoms with E-state index in [2.05, 4.69) is 16.0 Å². The first-order valence-corrected chi connectivity index (χ1v) is 5.35. The fourth-order valence-corrected chi connectivity index (χ4v) is 1.97. The van der Waals surface area contributed by atoms with Crippen molar-refractivity contribution >= 4 is 6.09 Å². The van der Waals surface area contributed by atoms with Crippen LogP contribution in [0.5, 0.6) is 0 Å². The molecular weight excluding hydrogens is 194 g/mol. The van der Waals surface area contributed by atoms with Crippen LogP contribution < -0.4 is 16.0 Å². The minimum absolute atomic E-state index is 0.0807. The highest BCUT2D eigenvalue weighted by atomic mass is 16.4. The van der Waals surface area contributed by atoms with E-state index in [1.807, 2.05) is 20.8 Å². The van der Waals surface area contributed by atoms with Gasteiger partial charge in [0.2, 0.25) is 0 Å². The number of piperazine rings is 1. The quantitative estimate of drug-likeness (QED) is 0.532. The van der Waals surface area contributed by atoms with Crippen LogP contribution in [-0.4, -0.2) is 42.9 Å². The van der Waals surface area contributed by atoms with Crippen LogP contribution in [0.2, 0.25) is 0 Å². The molecule has 1 amide bonds. The van der Waals surface area contributed by atoms with E-state index in [9.17, 15) is 4.79 Å². The Labute approximate surface area is 90.6 Å². The zero-order valence-electron chi connectivity index (χ0n) is 9.63. The Hall–Kier alpha value is -0.810. The van der Waals surface area contributed by atoms with Crippen molar-refractivity contribution < 1.29 is 9.90 Å². The summed E-state index contributed by atoms with van der Waals surface area (Å²) in [6.07, 6.45) is -0.956. The van der Waals surface area contributed by atoms with Crippen LogP contribution in [0.3, 0.4) is 0 Å². The lowest BCUT2D eigenvalue weighted by Crippen LogP contribution is -2.62. The predicted molar refractivity (Wildman–Crippen MR) is 59.1 cm³/mol. The van der Waals surface area contributed by atoms with Crippen molar-refractivity contribution in [3.05, 3.63) is 0 Å². The third-order valence-corrected chi connectivity index (χ3v) is 2.69. The van der Waals surface area contributed by atoms with Crippen LogP contribution in [0, 0.1) is 5.41 Å². The fourth-order valence-electron chi connectivity index (χ4n) is 1.97. The number of amides is 1. The van der Waals surface area contributed by atoms with Gasteiger partial charge in [-0.25, -0.2) is 4.79 Å². The smallest absolute Gasteiger partial charge is 0.404 e. The normalized spacial score (nSPS) is 24.6. The molecule has 1 saturated heterocycles. The lowest BCUT2D eigenvalue weighted by Gasteiger charge is -2.39. The van der Waals surface area contributed by atoms with Crippen molar-refractivity contribution in [2.75, 3.05) is 19.6 Å². The van der Waals surface area contributed by atoms with Gasteiger partial charge in [0, 0.05) is 25.7 Å². The number of carboxylic acid groups (broad SMARTS) is 1. The molecule has 88 valence electrons. The van der Waals surface area contributed by atoms with Crippen molar-refractivity contribution in [3.8, 4) is 0 Å². The number of hydrogen-bond acceptors (Lipinski definition) is 3. The topological polar surface area (TPSA) is 73.4 Å². The molecule has 15 heavy (non-hydrogen) atoms. The van der Waals surface area contributed by atoms with Gasteiger partial charge in [-0.1, -0.05) is 20.8 Å². The maximum atomic E-state index is 10.7. The highest BCUT2D eigenvalue weighted by molar-refractivity contribution is 5.65. The van der Waals surface area contributed by atoms with E-state index in [0.29, 0.717) is 0 Å². The second kappa shape index (κ2) is 4.81. The molecule has 0 aromatic heterocycles. The standard InChI is InChI=1S/C10H21N3O2/c1-10(2,3)8(13-9(14)15)7-6-11-4-5-12-7/h7-8,11-13H,4-6H2,1-3H3,(H,14,15). The summed E-state index contributed by atoms with van der Waals surface area (Å²) in [7, 11) is 0. The van der Waals surface area contributed by atoms with E-state index in [-0.39, 0.29) is 17.5 Å². The third kappa shape index (κ3) is 3.68. The average molecular weight is 215 g/mol. The highest BCUT2D eigenvalue weighted by Gasteiger charge is 2.34. The number of rotatable bonds is 2. The van der Waals surface area contributed by atoms with E-state index in [0.717, 1.165) is 19.6 Å². The second-order valence-electron chi connectivity index (χ2n) is 5.06. The molecule has 1 aliphatic heterocycles. The molecule has 2 unspecified atom stereocenters. The van der Waals surface area contributed by atoms with Gasteiger partial charge in [-0.05, 0) is 5.41 Å². The van der Waals surface area contributed by atoms with Gasteiger partial charge < -0.3 is 21.1 Å². The summed E-state index contributed by atoms with van der Waals surface area (Å²) < 4.78 is 0. The van der Waals surface area contributed by atoms with Crippen molar-refractivity contribution in [2.24, 2.45) is 5.41 Å². The Kier molecular flexibility index (Phi) is 3.93. The Morgan fingerprint density at radius 1 is 1.47 bits per heavy atom. The zero-order valence-corrected chi connectivity index (χ0v) is 9.63. The minimum atomic E-state index is -0.956. The Morgan fingerprint density at radius 3 is 2.53 bits per heavy atom. The lowest BCUT2D eigenvalue weighted by atomic mass is 9.81. The van der Waals surface area contributed by atoms with Crippen LogP contribution in [0.4, 0.5) is 4.79 Å². The van der Waals surface area contributed by atoms with Gasteiger partial charge in [-0.2, -0.15) is 0 Å². The number of nitrogens with one attached hydrogen (secondary N) is 3. The molecule has 0 aromatic carbocycles. The summed E-state index contributed by atoms with van der Waals surface area (Å²) in [4.78, 5) is 10.7. The van der Waals surface area contributed by atoms with E-state index in [4.69, 9.17) is 5.11 Å². The van der Waals surface area contributed by atoms with Crippen molar-refractivity contribution in [3.63, 3.8) is 0 Å². The van der Waals surface area contributed by atoms with Gasteiger partial charge >= 0.3 is 6.09 Å². The van der Waals surface area contributed by atoms with Gasteiger partial charge in [-0.3, -0.25) is 0 Å². The van der Waals surface area contributed by atoms with Crippen LogP contribution in [0.15, 0.2) is 0 Å². The molecule has 0 saturated carbocycles. The largest absolute Gasteiger partial charge is 0.465 e. The van der Waals surface area contributed by atoms with Crippen LogP contribution in [0.1, 0.15) is 20.8 Å². The molecule has 0 aromatic rings. The molecule has 0 aliphatic carbocycles. The van der Waals surface area contributed by atoms with Crippen LogP contribution >= 0.6 is 0 Å². The van der Waals surface area contributed by atoms with E-state index in [1.54, 1.807) is 0 Å². The van der Waals surface area contributed by atoms with Crippen LogP contribution in [0.25, 0.3) is 0 Å². The monoisotopic (exact) mass is 215 g/mol. The summed E-state index contributed by atoms with van der Waals surface area (Å²) in [5, 5.41) is 18.0. The maximum Gasteiger partial charge on any atom is 0.404 e. The first-order chi connectivity index (χ1) is 6.91. The fraction of sp³-hybridized carbons (Fsp3) is 0.900. The third-order valence-electron chi connectivity index (χ3n) is 2.69. The molecule has 1 fully saturated rings. The molecule has 5 nitrogen and oxygen atoms in total. The summed E-state index contributed by atoms with van der Waals surface area (Å²) in [5.41, 5.74) is -0.0882. The zero-order chi connectivity index (χ0) is 11.5. The maximum absolute atomic E-state index is 10.7. The van der Waals surface area contributed by atoms with Gasteiger partial charge in [0.15, 0.2) is 0 Å². The molecule has 0 radical (unpaired) electrons. The molecule has 1 aliphatic rings. The molecule has 5 heteroatoms. The van der Waals surface area contributed by atoms with Crippen LogP contribution in [-0.2, 0) is 0 Å². The van der Waals surface area contributed by atoms with Gasteiger partial charge in [0.1, 0.15) is 0 Å². The molecule has 0 bridgehead atoms. The summed E-state index contributed by atoms with van der Waals surface area (Å²) in [6, 6.07) is 0.0812. The Balaban J connectivity index is 2.66. The van der Waals surface area contributed by atoms with Gasteiger partial charge in [0.05, 0.1) is 6.04 Å². The van der Waals surface area contributed by atoms with Crippen molar-refractivity contribution in [2.45, 2.75) is 32.9 Å². The average Bonchev–Trinajstić information content (AvgIpc) is 2.14. The first-order valence-electron chi connectivity index (χ1n) is 5.35. The van der Waals surface area contributed by atoms with E-state index < -0.39 is 6.09 Å². The highest BCUT2D eigenvalue weighted by Crippen LogP contribution is 2.22. The molecule has 2 atom stereocenters. The number of carbonyl (C=O) groups is 1. The second-order valence-corrected chi connectivity index (χ2v) is 5.06. The van der Waals surface area contributed by atoms with E-state index in [1.165, 1.54) is 0 Å². The van der Waals surface area contributed by atoms with Gasteiger partial charge in [-0.15, -0.1) is 0 Å². The minimum Gasteiger partial charge on any atom is -0.465 e. The van der Waals surface area contributed by atoms with E-state index >= 15 is 0 Å². The van der Waals surface area contributed by atoms with Gasteiger partial charge in [0.25, 0.3) is 0 Å². The van der Waals surface area contributed by atoms with Crippen molar-refractivity contribution in [1.29, 1.82) is 0 Å². The lowest BCUT2D eigenvalue weighted by molar-refractivity contribution is 0.156. The molecule has 0 spiro atoms. The Bertz CT molecular complexity index is 219. The molecule has 4 N–H and O–H groups in total. The summed E-state index contributed by atoms with van der Waals surface area (Å²) in [6.45, 7) is 8.78. The Morgan fingerprint density at radius 2 is 2.13 bits per heavy atom. The molecular formula is C10H21N3O2.